The molecule has 0 fully saturated rings. The molecule has 0 aromatic carbocycles. The molecule has 0 unspecified atom stereocenters. The zero-order chi connectivity index (χ0) is 10.1. The Labute approximate surface area is 75.7 Å². The highest BCUT2D eigenvalue weighted by atomic mass is 16.5. The highest BCUT2D eigenvalue weighted by Crippen LogP contribution is 2.19. The number of carboxylic acid groups (broad SMARTS) is 1. The van der Waals surface area contributed by atoms with Crippen molar-refractivity contribution in [1.82, 2.24) is 10.2 Å². The van der Waals surface area contributed by atoms with Crippen LogP contribution in [-0.2, 0) is 4.79 Å². The Bertz CT molecular complexity index is 317. The van der Waals surface area contributed by atoms with E-state index in [4.69, 9.17) is 9.84 Å². The first-order chi connectivity index (χ1) is 5.93. The molecule has 0 saturated carbocycles. The van der Waals surface area contributed by atoms with Crippen molar-refractivity contribution >= 4 is 5.97 Å². The van der Waals surface area contributed by atoms with Gasteiger partial charge in [-0.2, -0.15) is 5.10 Å². The van der Waals surface area contributed by atoms with Crippen LogP contribution in [0.2, 0.25) is 0 Å². The molecule has 0 aliphatic carbocycles. The molecule has 0 atom stereocenters. The van der Waals surface area contributed by atoms with Crippen LogP contribution in [0.4, 0.5) is 0 Å². The first-order valence-corrected chi connectivity index (χ1v) is 3.86. The molecule has 2 N–H and O–H groups in total. The van der Waals surface area contributed by atoms with Gasteiger partial charge in [0.2, 0.25) is 11.5 Å². The van der Waals surface area contributed by atoms with Gasteiger partial charge >= 0.3 is 5.97 Å². The molecular formula is C8H12N2O3. The van der Waals surface area contributed by atoms with Crippen molar-refractivity contribution in [3.8, 4) is 5.88 Å². The first kappa shape index (κ1) is 9.57. The number of hydrogen-bond donors (Lipinski definition) is 2. The number of hydrogen-bond acceptors (Lipinski definition) is 3. The van der Waals surface area contributed by atoms with E-state index in [1.807, 2.05) is 0 Å². The van der Waals surface area contributed by atoms with Crippen molar-refractivity contribution in [2.45, 2.75) is 26.4 Å². The average Bonchev–Trinajstić information content (AvgIpc) is 2.35. The number of rotatable bonds is 3. The number of aromatic nitrogens is 2. The molecule has 1 heterocycles. The predicted octanol–water partition coefficient (Wildman–Crippen LogP) is 0.960. The molecule has 0 spiro atoms. The SMILES string of the molecule is Cc1cn[nH]c1OC(C)(C)C(=O)O. The van der Waals surface area contributed by atoms with E-state index in [1.165, 1.54) is 13.8 Å². The standard InChI is InChI=1S/C8H12N2O3/c1-5-4-9-10-6(5)13-8(2,3)7(11)12/h4H,1-3H3,(H,9,10)(H,11,12). The fraction of sp³-hybridized carbons (Fsp3) is 0.500. The van der Waals surface area contributed by atoms with Crippen LogP contribution in [0.3, 0.4) is 0 Å². The van der Waals surface area contributed by atoms with E-state index in [-0.39, 0.29) is 0 Å². The molecule has 0 aliphatic rings. The fourth-order valence-corrected chi connectivity index (χ4v) is 0.737. The maximum absolute atomic E-state index is 10.7. The van der Waals surface area contributed by atoms with Crippen molar-refractivity contribution in [3.05, 3.63) is 11.8 Å². The van der Waals surface area contributed by atoms with Crippen molar-refractivity contribution in [2.24, 2.45) is 0 Å². The largest absolute Gasteiger partial charge is 0.478 e. The molecule has 0 saturated heterocycles. The minimum absolute atomic E-state index is 0.396. The highest BCUT2D eigenvalue weighted by Gasteiger charge is 2.30. The lowest BCUT2D eigenvalue weighted by molar-refractivity contribution is -0.152. The molecule has 13 heavy (non-hydrogen) atoms. The van der Waals surface area contributed by atoms with Crippen LogP contribution < -0.4 is 4.74 Å². The van der Waals surface area contributed by atoms with Crippen LogP contribution in [0.25, 0.3) is 0 Å². The maximum atomic E-state index is 10.7. The van der Waals surface area contributed by atoms with Gasteiger partial charge in [0.1, 0.15) is 0 Å². The van der Waals surface area contributed by atoms with Crippen LogP contribution in [0.1, 0.15) is 19.4 Å². The molecule has 0 radical (unpaired) electrons. The number of carboxylic acids is 1. The lowest BCUT2D eigenvalue weighted by Crippen LogP contribution is -2.38. The van der Waals surface area contributed by atoms with Crippen LogP contribution in [-0.4, -0.2) is 26.9 Å². The Kier molecular flexibility index (Phi) is 2.27. The minimum atomic E-state index is -1.24. The van der Waals surface area contributed by atoms with Crippen molar-refractivity contribution in [3.63, 3.8) is 0 Å². The molecule has 0 aliphatic heterocycles. The molecule has 72 valence electrons. The number of nitrogens with zero attached hydrogens (tertiary/aromatic N) is 1. The summed E-state index contributed by atoms with van der Waals surface area (Å²) >= 11 is 0. The van der Waals surface area contributed by atoms with Gasteiger partial charge in [0.25, 0.3) is 0 Å². The van der Waals surface area contributed by atoms with Crippen molar-refractivity contribution in [1.29, 1.82) is 0 Å². The summed E-state index contributed by atoms with van der Waals surface area (Å²) < 4.78 is 5.22. The summed E-state index contributed by atoms with van der Waals surface area (Å²) in [6.45, 7) is 4.75. The molecule has 1 aromatic heterocycles. The summed E-state index contributed by atoms with van der Waals surface area (Å²) in [4.78, 5) is 10.7. The summed E-state index contributed by atoms with van der Waals surface area (Å²) in [5.74, 6) is -0.617. The monoisotopic (exact) mass is 184 g/mol. The molecule has 5 heteroatoms. The zero-order valence-corrected chi connectivity index (χ0v) is 7.79. The van der Waals surface area contributed by atoms with Gasteiger partial charge in [0.05, 0.1) is 6.20 Å². The van der Waals surface area contributed by atoms with Crippen molar-refractivity contribution < 1.29 is 14.6 Å². The number of nitrogens with one attached hydrogen (secondary N) is 1. The normalized spacial score (nSPS) is 11.3. The molecule has 5 nitrogen and oxygen atoms in total. The topological polar surface area (TPSA) is 75.2 Å². The smallest absolute Gasteiger partial charge is 0.347 e. The Balaban J connectivity index is 2.80. The van der Waals surface area contributed by atoms with E-state index in [1.54, 1.807) is 13.1 Å². The summed E-state index contributed by atoms with van der Waals surface area (Å²) in [6, 6.07) is 0. The van der Waals surface area contributed by atoms with Gasteiger partial charge in [-0.25, -0.2) is 9.89 Å². The maximum Gasteiger partial charge on any atom is 0.347 e. The summed E-state index contributed by atoms with van der Waals surface area (Å²) in [5, 5.41) is 15.1. The van der Waals surface area contributed by atoms with E-state index in [0.29, 0.717) is 5.88 Å². The number of aromatic amines is 1. The third-order valence-electron chi connectivity index (χ3n) is 1.65. The third kappa shape index (κ3) is 1.99. The number of H-pyrrole nitrogens is 1. The summed E-state index contributed by atoms with van der Waals surface area (Å²) in [7, 11) is 0. The van der Waals surface area contributed by atoms with Crippen LogP contribution >= 0.6 is 0 Å². The minimum Gasteiger partial charge on any atom is -0.478 e. The number of aliphatic carboxylic acids is 1. The first-order valence-electron chi connectivity index (χ1n) is 3.86. The Hall–Kier alpha value is -1.52. The Morgan fingerprint density at radius 2 is 2.31 bits per heavy atom. The zero-order valence-electron chi connectivity index (χ0n) is 7.79. The second-order valence-electron chi connectivity index (χ2n) is 3.30. The number of ether oxygens (including phenoxy) is 1. The third-order valence-corrected chi connectivity index (χ3v) is 1.65. The van der Waals surface area contributed by atoms with Crippen LogP contribution in [0, 0.1) is 6.92 Å². The number of aryl methyl sites for hydroxylation is 1. The Morgan fingerprint density at radius 1 is 1.69 bits per heavy atom. The molecule has 0 bridgehead atoms. The van der Waals surface area contributed by atoms with Crippen molar-refractivity contribution in [2.75, 3.05) is 0 Å². The molecule has 0 amide bonds. The molecule has 1 rings (SSSR count). The van der Waals surface area contributed by atoms with Gasteiger partial charge in [-0.3, -0.25) is 0 Å². The van der Waals surface area contributed by atoms with Gasteiger partial charge in [-0.1, -0.05) is 0 Å². The molecule has 1 aromatic rings. The van der Waals surface area contributed by atoms with E-state index >= 15 is 0 Å². The van der Waals surface area contributed by atoms with E-state index in [9.17, 15) is 4.79 Å². The van der Waals surface area contributed by atoms with E-state index < -0.39 is 11.6 Å². The van der Waals surface area contributed by atoms with Gasteiger partial charge in [-0.15, -0.1) is 0 Å². The highest BCUT2D eigenvalue weighted by molar-refractivity contribution is 5.76. The van der Waals surface area contributed by atoms with E-state index in [2.05, 4.69) is 10.2 Å². The van der Waals surface area contributed by atoms with Gasteiger partial charge < -0.3 is 9.84 Å². The van der Waals surface area contributed by atoms with Gasteiger partial charge in [0, 0.05) is 5.56 Å². The predicted molar refractivity (Wildman–Crippen MR) is 45.7 cm³/mol. The summed E-state index contributed by atoms with van der Waals surface area (Å²) in [5.41, 5.74) is -0.452. The fourth-order valence-electron chi connectivity index (χ4n) is 0.737. The van der Waals surface area contributed by atoms with Crippen LogP contribution in [0.15, 0.2) is 6.20 Å². The second-order valence-corrected chi connectivity index (χ2v) is 3.30. The lowest BCUT2D eigenvalue weighted by Gasteiger charge is -2.20. The van der Waals surface area contributed by atoms with Crippen LogP contribution in [0.5, 0.6) is 5.88 Å². The molecular weight excluding hydrogens is 172 g/mol. The van der Waals surface area contributed by atoms with E-state index in [0.717, 1.165) is 5.56 Å². The quantitative estimate of drug-likeness (QED) is 0.733. The van der Waals surface area contributed by atoms with Gasteiger partial charge in [0.15, 0.2) is 0 Å². The Morgan fingerprint density at radius 3 is 2.69 bits per heavy atom. The summed E-state index contributed by atoms with van der Waals surface area (Å²) in [6.07, 6.45) is 1.58. The average molecular weight is 184 g/mol. The second kappa shape index (κ2) is 3.08. The van der Waals surface area contributed by atoms with Gasteiger partial charge in [-0.05, 0) is 20.8 Å². The number of carbonyl (C=O) groups is 1. The lowest BCUT2D eigenvalue weighted by atomic mass is 10.1.